The second-order valence-electron chi connectivity index (χ2n) is 5.95. The summed E-state index contributed by atoms with van der Waals surface area (Å²) in [5, 5.41) is 2.93. The minimum atomic E-state index is -0.327. The molecule has 6 heteroatoms. The van der Waals surface area contributed by atoms with E-state index in [0.717, 1.165) is 31.2 Å². The number of nitrogens with zero attached hydrogens (tertiary/aromatic N) is 3. The van der Waals surface area contributed by atoms with Gasteiger partial charge in [0, 0.05) is 39.1 Å². The first-order valence-electron chi connectivity index (χ1n) is 8.31. The molecule has 2 rings (SSSR count). The summed E-state index contributed by atoms with van der Waals surface area (Å²) in [6.45, 7) is 3.83. The third kappa shape index (κ3) is 4.68. The molecule has 1 atom stereocenters. The molecule has 0 aromatic carbocycles. The summed E-state index contributed by atoms with van der Waals surface area (Å²) in [5.74, 6) is 0.0482. The van der Waals surface area contributed by atoms with E-state index in [1.54, 1.807) is 29.2 Å². The first-order chi connectivity index (χ1) is 11.1. The fraction of sp³-hybridized carbons (Fsp3) is 0.588. The molecular formula is C17H26N4O2. The van der Waals surface area contributed by atoms with E-state index in [4.69, 9.17) is 0 Å². The first kappa shape index (κ1) is 17.2. The van der Waals surface area contributed by atoms with Crippen molar-refractivity contribution in [3.05, 3.63) is 30.1 Å². The summed E-state index contributed by atoms with van der Waals surface area (Å²) >= 11 is 0. The highest BCUT2D eigenvalue weighted by molar-refractivity contribution is 5.88. The molecular weight excluding hydrogens is 292 g/mol. The average molecular weight is 318 g/mol. The topological polar surface area (TPSA) is 65.5 Å². The number of piperazine rings is 1. The SMILES string of the molecule is CCCC[C@@H]1C(=O)N(C)CCN1C(=O)NCCc1cccnc1. The maximum atomic E-state index is 12.4. The number of pyridine rings is 1. The lowest BCUT2D eigenvalue weighted by atomic mass is 10.0. The van der Waals surface area contributed by atoms with Crippen molar-refractivity contribution in [2.45, 2.75) is 38.6 Å². The molecule has 0 radical (unpaired) electrons. The Labute approximate surface area is 137 Å². The standard InChI is InChI=1S/C17H26N4O2/c1-3-4-7-15-16(22)20(2)11-12-21(15)17(23)19-10-8-14-6-5-9-18-13-14/h5-6,9,13,15H,3-4,7-8,10-12H2,1-2H3,(H,19,23)/t15-/m1/s1. The highest BCUT2D eigenvalue weighted by Crippen LogP contribution is 2.16. The van der Waals surface area contributed by atoms with Gasteiger partial charge >= 0.3 is 6.03 Å². The van der Waals surface area contributed by atoms with Gasteiger partial charge in [-0.25, -0.2) is 4.79 Å². The lowest BCUT2D eigenvalue weighted by Crippen LogP contribution is -2.59. The van der Waals surface area contributed by atoms with Crippen molar-refractivity contribution in [1.29, 1.82) is 0 Å². The Bertz CT molecular complexity index is 521. The first-order valence-corrected chi connectivity index (χ1v) is 8.31. The number of likely N-dealkylation sites (N-methyl/N-ethyl adjacent to an activating group) is 1. The van der Waals surface area contributed by atoms with Crippen LogP contribution in [-0.2, 0) is 11.2 Å². The number of rotatable bonds is 6. The van der Waals surface area contributed by atoms with E-state index in [-0.39, 0.29) is 18.0 Å². The van der Waals surface area contributed by atoms with E-state index < -0.39 is 0 Å². The number of nitrogens with one attached hydrogen (secondary N) is 1. The van der Waals surface area contributed by atoms with Crippen molar-refractivity contribution < 1.29 is 9.59 Å². The Morgan fingerprint density at radius 2 is 2.26 bits per heavy atom. The molecule has 1 aromatic rings. The molecule has 6 nitrogen and oxygen atoms in total. The molecule has 0 aliphatic carbocycles. The molecule has 1 aromatic heterocycles. The second kappa shape index (κ2) is 8.50. The lowest BCUT2D eigenvalue weighted by Gasteiger charge is -2.39. The van der Waals surface area contributed by atoms with Crippen molar-refractivity contribution in [2.24, 2.45) is 0 Å². The van der Waals surface area contributed by atoms with Gasteiger partial charge in [-0.05, 0) is 24.5 Å². The Kier molecular flexibility index (Phi) is 6.38. The summed E-state index contributed by atoms with van der Waals surface area (Å²) in [7, 11) is 1.80. The van der Waals surface area contributed by atoms with E-state index in [1.807, 2.05) is 12.1 Å². The Hall–Kier alpha value is -2.11. The van der Waals surface area contributed by atoms with E-state index in [2.05, 4.69) is 17.2 Å². The highest BCUT2D eigenvalue weighted by atomic mass is 16.2. The number of hydrogen-bond acceptors (Lipinski definition) is 3. The molecule has 126 valence electrons. The van der Waals surface area contributed by atoms with Crippen molar-refractivity contribution in [3.8, 4) is 0 Å². The number of aromatic nitrogens is 1. The predicted molar refractivity (Wildman–Crippen MR) is 89.0 cm³/mol. The minimum absolute atomic E-state index is 0.0482. The molecule has 2 heterocycles. The maximum absolute atomic E-state index is 12.4. The fourth-order valence-electron chi connectivity index (χ4n) is 2.79. The van der Waals surface area contributed by atoms with Crippen molar-refractivity contribution in [2.75, 3.05) is 26.7 Å². The maximum Gasteiger partial charge on any atom is 0.318 e. The van der Waals surface area contributed by atoms with Gasteiger partial charge in [0.2, 0.25) is 5.91 Å². The molecule has 1 fully saturated rings. The number of urea groups is 1. The molecule has 0 spiro atoms. The zero-order valence-electron chi connectivity index (χ0n) is 14.0. The molecule has 0 unspecified atom stereocenters. The van der Waals surface area contributed by atoms with Crippen LogP contribution in [0.2, 0.25) is 0 Å². The fourth-order valence-corrected chi connectivity index (χ4v) is 2.79. The second-order valence-corrected chi connectivity index (χ2v) is 5.95. The van der Waals surface area contributed by atoms with Gasteiger partial charge < -0.3 is 15.1 Å². The van der Waals surface area contributed by atoms with Crippen molar-refractivity contribution in [1.82, 2.24) is 20.1 Å². The van der Waals surface area contributed by atoms with Gasteiger partial charge in [0.15, 0.2) is 0 Å². The van der Waals surface area contributed by atoms with E-state index >= 15 is 0 Å². The van der Waals surface area contributed by atoms with Crippen LogP contribution in [0.15, 0.2) is 24.5 Å². The van der Waals surface area contributed by atoms with Crippen molar-refractivity contribution >= 4 is 11.9 Å². The third-order valence-electron chi connectivity index (χ3n) is 4.22. The molecule has 1 aliphatic heterocycles. The summed E-state index contributed by atoms with van der Waals surface area (Å²) < 4.78 is 0. The summed E-state index contributed by atoms with van der Waals surface area (Å²) in [5.41, 5.74) is 1.09. The number of amides is 3. The summed E-state index contributed by atoms with van der Waals surface area (Å²) in [6, 6.07) is 3.41. The van der Waals surface area contributed by atoms with E-state index in [9.17, 15) is 9.59 Å². The van der Waals surface area contributed by atoms with E-state index in [1.165, 1.54) is 0 Å². The van der Waals surface area contributed by atoms with Gasteiger partial charge in [-0.2, -0.15) is 0 Å². The van der Waals surface area contributed by atoms with Crippen LogP contribution in [0.5, 0.6) is 0 Å². The smallest absolute Gasteiger partial charge is 0.318 e. The quantitative estimate of drug-likeness (QED) is 0.867. The summed E-state index contributed by atoms with van der Waals surface area (Å²) in [6.07, 6.45) is 6.97. The van der Waals surface area contributed by atoms with Gasteiger partial charge in [-0.3, -0.25) is 9.78 Å². The summed E-state index contributed by atoms with van der Waals surface area (Å²) in [4.78, 5) is 32.3. The number of carbonyl (C=O) groups excluding carboxylic acids is 2. The van der Waals surface area contributed by atoms with Gasteiger partial charge in [-0.15, -0.1) is 0 Å². The normalized spacial score (nSPS) is 18.2. The Morgan fingerprint density at radius 3 is 2.96 bits per heavy atom. The van der Waals surface area contributed by atoms with E-state index in [0.29, 0.717) is 19.6 Å². The van der Waals surface area contributed by atoms with Crippen LogP contribution in [0, 0.1) is 0 Å². The van der Waals surface area contributed by atoms with Crippen LogP contribution in [-0.4, -0.2) is 59.4 Å². The Balaban J connectivity index is 1.89. The molecule has 1 saturated heterocycles. The molecule has 0 saturated carbocycles. The largest absolute Gasteiger partial charge is 0.342 e. The zero-order valence-corrected chi connectivity index (χ0v) is 14.0. The molecule has 0 bridgehead atoms. The molecule has 23 heavy (non-hydrogen) atoms. The number of unbranched alkanes of at least 4 members (excludes halogenated alkanes) is 1. The molecule has 3 amide bonds. The lowest BCUT2D eigenvalue weighted by molar-refractivity contribution is -0.138. The van der Waals surface area contributed by atoms with Gasteiger partial charge in [0.25, 0.3) is 0 Å². The number of carbonyl (C=O) groups is 2. The van der Waals surface area contributed by atoms with Crippen LogP contribution in [0.3, 0.4) is 0 Å². The van der Waals surface area contributed by atoms with Crippen LogP contribution < -0.4 is 5.32 Å². The highest BCUT2D eigenvalue weighted by Gasteiger charge is 2.35. The minimum Gasteiger partial charge on any atom is -0.342 e. The Morgan fingerprint density at radius 1 is 1.43 bits per heavy atom. The predicted octanol–water partition coefficient (Wildman–Crippen LogP) is 1.67. The van der Waals surface area contributed by atoms with Crippen LogP contribution in [0.25, 0.3) is 0 Å². The number of hydrogen-bond donors (Lipinski definition) is 1. The van der Waals surface area contributed by atoms with Gasteiger partial charge in [0.05, 0.1) is 0 Å². The van der Waals surface area contributed by atoms with Gasteiger partial charge in [-0.1, -0.05) is 25.8 Å². The van der Waals surface area contributed by atoms with Crippen LogP contribution in [0.4, 0.5) is 4.79 Å². The molecule has 1 aliphatic rings. The molecule has 1 N–H and O–H groups in total. The monoisotopic (exact) mass is 318 g/mol. The third-order valence-corrected chi connectivity index (χ3v) is 4.22. The van der Waals surface area contributed by atoms with Crippen LogP contribution in [0.1, 0.15) is 31.7 Å². The van der Waals surface area contributed by atoms with Crippen molar-refractivity contribution in [3.63, 3.8) is 0 Å². The van der Waals surface area contributed by atoms with Crippen LogP contribution >= 0.6 is 0 Å². The average Bonchev–Trinajstić information content (AvgIpc) is 2.57. The van der Waals surface area contributed by atoms with Gasteiger partial charge in [0.1, 0.15) is 6.04 Å². The zero-order chi connectivity index (χ0) is 16.7.